The Morgan fingerprint density at radius 3 is 2.45 bits per heavy atom. The first-order valence-corrected chi connectivity index (χ1v) is 10.00. The highest BCUT2D eigenvalue weighted by atomic mass is 16.2. The predicted octanol–water partition coefficient (Wildman–Crippen LogP) is 3.50. The molecule has 0 N–H and O–H groups in total. The minimum Gasteiger partial charge on any atom is -0.311 e. The number of anilines is 1. The molecule has 1 heterocycles. The highest BCUT2D eigenvalue weighted by molar-refractivity contribution is 5.94. The second-order valence-corrected chi connectivity index (χ2v) is 7.30. The van der Waals surface area contributed by atoms with Crippen LogP contribution in [0.25, 0.3) is 10.9 Å². The van der Waals surface area contributed by atoms with E-state index in [1.54, 1.807) is 29.2 Å². The standard InChI is InChI=1S/C23H27N3O3/c1-5-17(4)26-22(28)19-12-7-8-13-20(19)25(23(26)29)15-21(27)24(6-2)18-11-9-10-16(3)14-18/h7-14,17H,5-6,15H2,1-4H3/t17-/m0/s1. The Balaban J connectivity index is 2.13. The predicted molar refractivity (Wildman–Crippen MR) is 117 cm³/mol. The zero-order valence-electron chi connectivity index (χ0n) is 17.4. The first-order chi connectivity index (χ1) is 13.9. The monoisotopic (exact) mass is 393 g/mol. The van der Waals surface area contributed by atoms with Gasteiger partial charge in [0.1, 0.15) is 6.54 Å². The lowest BCUT2D eigenvalue weighted by Gasteiger charge is -2.23. The molecule has 3 rings (SSSR count). The van der Waals surface area contributed by atoms with Crippen molar-refractivity contribution in [2.24, 2.45) is 0 Å². The van der Waals surface area contributed by atoms with E-state index in [-0.39, 0.29) is 24.1 Å². The Kier molecular flexibility index (Phi) is 6.01. The van der Waals surface area contributed by atoms with Crippen LogP contribution < -0.4 is 16.1 Å². The Labute approximate surface area is 170 Å². The summed E-state index contributed by atoms with van der Waals surface area (Å²) in [5, 5.41) is 0.443. The van der Waals surface area contributed by atoms with Gasteiger partial charge in [-0.25, -0.2) is 4.79 Å². The first-order valence-electron chi connectivity index (χ1n) is 10.00. The number of para-hydroxylation sites is 1. The van der Waals surface area contributed by atoms with Crippen molar-refractivity contribution in [2.75, 3.05) is 11.4 Å². The summed E-state index contributed by atoms with van der Waals surface area (Å²) in [6.45, 7) is 8.01. The van der Waals surface area contributed by atoms with Crippen molar-refractivity contribution in [2.45, 2.75) is 46.7 Å². The number of carbonyl (C=O) groups is 1. The van der Waals surface area contributed by atoms with Gasteiger partial charge in [-0.1, -0.05) is 31.2 Å². The van der Waals surface area contributed by atoms with E-state index in [0.29, 0.717) is 23.9 Å². The van der Waals surface area contributed by atoms with Gasteiger partial charge in [0.15, 0.2) is 0 Å². The third-order valence-corrected chi connectivity index (χ3v) is 5.34. The Bertz CT molecular complexity index is 1160. The van der Waals surface area contributed by atoms with Gasteiger partial charge in [0.2, 0.25) is 5.91 Å². The molecule has 0 spiro atoms. The number of carbonyl (C=O) groups excluding carboxylic acids is 1. The van der Waals surface area contributed by atoms with Gasteiger partial charge in [0, 0.05) is 18.3 Å². The van der Waals surface area contributed by atoms with Crippen LogP contribution in [0.3, 0.4) is 0 Å². The lowest BCUT2D eigenvalue weighted by molar-refractivity contribution is -0.119. The molecule has 29 heavy (non-hydrogen) atoms. The summed E-state index contributed by atoms with van der Waals surface area (Å²) in [4.78, 5) is 40.9. The van der Waals surface area contributed by atoms with Crippen molar-refractivity contribution < 1.29 is 4.79 Å². The molecule has 2 aromatic carbocycles. The summed E-state index contributed by atoms with van der Waals surface area (Å²) in [5.74, 6) is -0.195. The molecule has 152 valence electrons. The molecule has 6 nitrogen and oxygen atoms in total. The van der Waals surface area contributed by atoms with E-state index in [1.165, 1.54) is 9.13 Å². The first kappa shape index (κ1) is 20.6. The van der Waals surface area contributed by atoms with Crippen LogP contribution in [0, 0.1) is 6.92 Å². The maximum Gasteiger partial charge on any atom is 0.332 e. The van der Waals surface area contributed by atoms with Crippen LogP contribution >= 0.6 is 0 Å². The van der Waals surface area contributed by atoms with E-state index >= 15 is 0 Å². The summed E-state index contributed by atoms with van der Waals surface area (Å²) in [7, 11) is 0. The molecule has 0 fully saturated rings. The van der Waals surface area contributed by atoms with Crippen molar-refractivity contribution in [1.29, 1.82) is 0 Å². The van der Waals surface area contributed by atoms with Gasteiger partial charge in [0.25, 0.3) is 5.56 Å². The number of rotatable bonds is 6. The summed E-state index contributed by atoms with van der Waals surface area (Å²) in [6.07, 6.45) is 0.645. The van der Waals surface area contributed by atoms with Crippen LogP contribution in [0.1, 0.15) is 38.8 Å². The number of aryl methyl sites for hydroxylation is 1. The third-order valence-electron chi connectivity index (χ3n) is 5.34. The van der Waals surface area contributed by atoms with Crippen LogP contribution in [0.4, 0.5) is 5.69 Å². The quantitative estimate of drug-likeness (QED) is 0.644. The van der Waals surface area contributed by atoms with E-state index in [9.17, 15) is 14.4 Å². The van der Waals surface area contributed by atoms with Crippen LogP contribution in [0.5, 0.6) is 0 Å². The Morgan fingerprint density at radius 1 is 1.07 bits per heavy atom. The van der Waals surface area contributed by atoms with Crippen LogP contribution in [-0.2, 0) is 11.3 Å². The number of benzene rings is 2. The zero-order valence-corrected chi connectivity index (χ0v) is 17.4. The van der Waals surface area contributed by atoms with E-state index in [4.69, 9.17) is 0 Å². The third kappa shape index (κ3) is 3.88. The molecule has 0 bridgehead atoms. The van der Waals surface area contributed by atoms with Gasteiger partial charge in [-0.2, -0.15) is 0 Å². The van der Waals surface area contributed by atoms with Crippen molar-refractivity contribution in [1.82, 2.24) is 9.13 Å². The molecular formula is C23H27N3O3. The van der Waals surface area contributed by atoms with Crippen LogP contribution in [0.15, 0.2) is 58.1 Å². The lowest BCUT2D eigenvalue weighted by atomic mass is 10.2. The molecule has 1 aromatic heterocycles. The average molecular weight is 393 g/mol. The number of hydrogen-bond acceptors (Lipinski definition) is 3. The summed E-state index contributed by atoms with van der Waals surface area (Å²) >= 11 is 0. The van der Waals surface area contributed by atoms with Gasteiger partial charge in [-0.15, -0.1) is 0 Å². The fourth-order valence-corrected chi connectivity index (χ4v) is 3.58. The molecule has 0 radical (unpaired) electrons. The van der Waals surface area contributed by atoms with Crippen molar-refractivity contribution in [3.05, 3.63) is 74.9 Å². The van der Waals surface area contributed by atoms with E-state index in [2.05, 4.69) is 0 Å². The van der Waals surface area contributed by atoms with Crippen molar-refractivity contribution in [3.63, 3.8) is 0 Å². The smallest absolute Gasteiger partial charge is 0.311 e. The highest BCUT2D eigenvalue weighted by Crippen LogP contribution is 2.17. The number of hydrogen-bond donors (Lipinski definition) is 0. The molecule has 6 heteroatoms. The number of nitrogens with zero attached hydrogens (tertiary/aromatic N) is 3. The largest absolute Gasteiger partial charge is 0.332 e. The molecule has 0 saturated carbocycles. The van der Waals surface area contributed by atoms with Crippen LogP contribution in [-0.4, -0.2) is 21.6 Å². The van der Waals surface area contributed by atoms with Gasteiger partial charge in [-0.05, 0) is 57.0 Å². The maximum absolute atomic E-state index is 13.2. The minimum absolute atomic E-state index is 0.127. The average Bonchev–Trinajstić information content (AvgIpc) is 2.71. The van der Waals surface area contributed by atoms with E-state index in [0.717, 1.165) is 11.3 Å². The lowest BCUT2D eigenvalue weighted by Crippen LogP contribution is -2.44. The molecule has 3 aromatic rings. The van der Waals surface area contributed by atoms with E-state index in [1.807, 2.05) is 52.0 Å². The molecule has 0 unspecified atom stereocenters. The molecule has 0 aliphatic carbocycles. The summed E-state index contributed by atoms with van der Waals surface area (Å²) < 4.78 is 2.68. The van der Waals surface area contributed by atoms with E-state index < -0.39 is 5.69 Å². The Hall–Kier alpha value is -3.15. The number of amides is 1. The molecule has 0 aliphatic heterocycles. The van der Waals surface area contributed by atoms with Gasteiger partial charge >= 0.3 is 5.69 Å². The second kappa shape index (κ2) is 8.47. The van der Waals surface area contributed by atoms with Gasteiger partial charge < -0.3 is 4.90 Å². The van der Waals surface area contributed by atoms with Gasteiger partial charge in [0.05, 0.1) is 10.9 Å². The summed E-state index contributed by atoms with van der Waals surface area (Å²) in [5.41, 5.74) is 1.58. The Morgan fingerprint density at radius 2 is 1.79 bits per heavy atom. The minimum atomic E-state index is -0.448. The molecule has 0 saturated heterocycles. The highest BCUT2D eigenvalue weighted by Gasteiger charge is 2.20. The fourth-order valence-electron chi connectivity index (χ4n) is 3.58. The van der Waals surface area contributed by atoms with Crippen molar-refractivity contribution in [3.8, 4) is 0 Å². The molecule has 1 atom stereocenters. The van der Waals surface area contributed by atoms with Gasteiger partial charge in [-0.3, -0.25) is 18.7 Å². The van der Waals surface area contributed by atoms with Crippen molar-refractivity contribution >= 4 is 22.5 Å². The maximum atomic E-state index is 13.2. The fraction of sp³-hybridized carbons (Fsp3) is 0.348. The van der Waals surface area contributed by atoms with Crippen LogP contribution in [0.2, 0.25) is 0 Å². The SMILES string of the molecule is CC[C@H](C)n1c(=O)c2ccccc2n(CC(=O)N(CC)c2cccc(C)c2)c1=O. The summed E-state index contributed by atoms with van der Waals surface area (Å²) in [6, 6.07) is 14.4. The number of likely N-dealkylation sites (N-methyl/N-ethyl adjacent to an activating group) is 1. The zero-order chi connectivity index (χ0) is 21.1. The topological polar surface area (TPSA) is 64.3 Å². The second-order valence-electron chi connectivity index (χ2n) is 7.30. The number of fused-ring (bicyclic) bond motifs is 1. The normalized spacial score (nSPS) is 12.1. The molecular weight excluding hydrogens is 366 g/mol. The molecule has 0 aliphatic rings. The number of aromatic nitrogens is 2. The molecule has 1 amide bonds.